The topological polar surface area (TPSA) is 48.0 Å². The molecule has 0 aliphatic rings. The van der Waals surface area contributed by atoms with E-state index in [4.69, 9.17) is 27.6 Å². The highest BCUT2D eigenvalue weighted by Crippen LogP contribution is 2.10. The highest BCUT2D eigenvalue weighted by molar-refractivity contribution is 6.30. The van der Waals surface area contributed by atoms with Gasteiger partial charge in [-0.25, -0.2) is 4.79 Å². The number of hydrogen-bond acceptors (Lipinski definition) is 3. The quantitative estimate of drug-likeness (QED) is 0.804. The second-order valence-corrected chi connectivity index (χ2v) is 4.20. The fourth-order valence-electron chi connectivity index (χ4n) is 1.43. The lowest BCUT2D eigenvalue weighted by Gasteiger charge is -2.00. The van der Waals surface area contributed by atoms with Crippen molar-refractivity contribution in [3.63, 3.8) is 0 Å². The van der Waals surface area contributed by atoms with Crippen LogP contribution in [-0.4, -0.2) is 9.78 Å². The molecule has 1 heterocycles. The van der Waals surface area contributed by atoms with Crippen LogP contribution >= 0.6 is 23.2 Å². The van der Waals surface area contributed by atoms with Crippen LogP contribution in [0.1, 0.15) is 11.5 Å². The zero-order valence-corrected chi connectivity index (χ0v) is 10.4. The molecule has 0 aliphatic heterocycles. The van der Waals surface area contributed by atoms with Gasteiger partial charge in [0.2, 0.25) is 5.89 Å². The third-order valence-corrected chi connectivity index (χ3v) is 2.77. The molecule has 0 saturated carbocycles. The average Bonchev–Trinajstić information content (AvgIpc) is 2.69. The Morgan fingerprint density at radius 2 is 2.00 bits per heavy atom. The van der Waals surface area contributed by atoms with E-state index >= 15 is 0 Å². The van der Waals surface area contributed by atoms with Gasteiger partial charge in [0.15, 0.2) is 0 Å². The molecule has 6 heteroatoms. The smallest absolute Gasteiger partial charge is 0.391 e. The zero-order valence-electron chi connectivity index (χ0n) is 8.90. The van der Waals surface area contributed by atoms with Gasteiger partial charge in [-0.1, -0.05) is 23.7 Å². The van der Waals surface area contributed by atoms with Crippen LogP contribution in [-0.2, 0) is 18.8 Å². The molecule has 0 saturated heterocycles. The van der Waals surface area contributed by atoms with Crippen molar-refractivity contribution in [2.24, 2.45) is 0 Å². The summed E-state index contributed by atoms with van der Waals surface area (Å²) in [5.74, 6) is -0.134. The molecular formula is C11H10Cl2N2O2. The molecule has 4 nitrogen and oxygen atoms in total. The summed E-state index contributed by atoms with van der Waals surface area (Å²) in [6.07, 6.45) is 0.686. The van der Waals surface area contributed by atoms with Crippen LogP contribution in [0.15, 0.2) is 33.5 Å². The number of rotatable bonds is 4. The first kappa shape index (κ1) is 12.2. The van der Waals surface area contributed by atoms with E-state index in [1.165, 1.54) is 4.68 Å². The van der Waals surface area contributed by atoms with Gasteiger partial charge in [-0.3, -0.25) is 0 Å². The third kappa shape index (κ3) is 3.11. The summed E-state index contributed by atoms with van der Waals surface area (Å²) in [6.45, 7) is 0.459. The van der Waals surface area contributed by atoms with Crippen molar-refractivity contribution in [2.75, 3.05) is 0 Å². The fourth-order valence-corrected chi connectivity index (χ4v) is 1.66. The Kier molecular flexibility index (Phi) is 3.86. The van der Waals surface area contributed by atoms with Crippen molar-refractivity contribution >= 4 is 23.2 Å². The van der Waals surface area contributed by atoms with E-state index in [-0.39, 0.29) is 11.8 Å². The molecule has 0 spiro atoms. The summed E-state index contributed by atoms with van der Waals surface area (Å²) in [7, 11) is 0. The Hall–Kier alpha value is -1.26. The van der Waals surface area contributed by atoms with Gasteiger partial charge in [0.25, 0.3) is 0 Å². The van der Waals surface area contributed by atoms with Crippen molar-refractivity contribution in [1.82, 2.24) is 9.78 Å². The minimum absolute atomic E-state index is 0.100. The Balaban J connectivity index is 2.04. The summed E-state index contributed by atoms with van der Waals surface area (Å²) >= 11 is 11.3. The lowest BCUT2D eigenvalue weighted by molar-refractivity contribution is 0.456. The van der Waals surface area contributed by atoms with Gasteiger partial charge in [0, 0.05) is 5.02 Å². The SMILES string of the molecule is O=c1oc(CCl)nn1CCc1ccc(Cl)cc1. The minimum Gasteiger partial charge on any atom is -0.391 e. The van der Waals surface area contributed by atoms with Crippen molar-refractivity contribution in [3.05, 3.63) is 51.3 Å². The Morgan fingerprint density at radius 1 is 1.29 bits per heavy atom. The average molecular weight is 273 g/mol. The van der Waals surface area contributed by atoms with Gasteiger partial charge < -0.3 is 4.42 Å². The van der Waals surface area contributed by atoms with Gasteiger partial charge in [0.05, 0.1) is 6.54 Å². The van der Waals surface area contributed by atoms with Gasteiger partial charge in [-0.05, 0) is 24.1 Å². The molecular weight excluding hydrogens is 263 g/mol. The first-order chi connectivity index (χ1) is 8.19. The second kappa shape index (κ2) is 5.38. The number of aromatic nitrogens is 2. The molecule has 0 atom stereocenters. The van der Waals surface area contributed by atoms with E-state index in [1.807, 2.05) is 24.3 Å². The van der Waals surface area contributed by atoms with Gasteiger partial charge >= 0.3 is 5.76 Å². The lowest BCUT2D eigenvalue weighted by atomic mass is 10.1. The van der Waals surface area contributed by atoms with Crippen molar-refractivity contribution in [1.29, 1.82) is 0 Å². The van der Waals surface area contributed by atoms with Gasteiger partial charge in [-0.2, -0.15) is 4.68 Å². The van der Waals surface area contributed by atoms with Crippen LogP contribution in [0.25, 0.3) is 0 Å². The number of halogens is 2. The molecule has 0 unspecified atom stereocenters. The standard InChI is InChI=1S/C11H10Cl2N2O2/c12-7-10-14-15(11(16)17-10)6-5-8-1-3-9(13)4-2-8/h1-4H,5-7H2. The third-order valence-electron chi connectivity index (χ3n) is 2.29. The largest absolute Gasteiger partial charge is 0.437 e. The molecule has 0 amide bonds. The Morgan fingerprint density at radius 3 is 2.59 bits per heavy atom. The van der Waals surface area contributed by atoms with Crippen molar-refractivity contribution < 1.29 is 4.42 Å². The lowest BCUT2D eigenvalue weighted by Crippen LogP contribution is -2.17. The normalized spacial score (nSPS) is 10.7. The van der Waals surface area contributed by atoms with E-state index in [1.54, 1.807) is 0 Å². The maximum absolute atomic E-state index is 11.3. The summed E-state index contributed by atoms with van der Waals surface area (Å²) < 4.78 is 6.08. The predicted octanol–water partition coefficient (Wildman–Crippen LogP) is 2.47. The van der Waals surface area contributed by atoms with Crippen molar-refractivity contribution in [3.8, 4) is 0 Å². The first-order valence-corrected chi connectivity index (χ1v) is 5.97. The maximum Gasteiger partial charge on any atom is 0.437 e. The molecule has 0 bridgehead atoms. The molecule has 2 rings (SSSR count). The van der Waals surface area contributed by atoms with E-state index in [9.17, 15) is 4.79 Å². The van der Waals surface area contributed by atoms with E-state index < -0.39 is 5.76 Å². The minimum atomic E-state index is -0.477. The van der Waals surface area contributed by atoms with Crippen LogP contribution in [0.5, 0.6) is 0 Å². The van der Waals surface area contributed by atoms with Crippen LogP contribution < -0.4 is 5.76 Å². The molecule has 0 aliphatic carbocycles. The van der Waals surface area contributed by atoms with Crippen LogP contribution in [0.4, 0.5) is 0 Å². The van der Waals surface area contributed by atoms with Crippen LogP contribution in [0.3, 0.4) is 0 Å². The molecule has 1 aromatic heterocycles. The summed E-state index contributed by atoms with van der Waals surface area (Å²) in [6, 6.07) is 7.45. The summed E-state index contributed by atoms with van der Waals surface area (Å²) in [4.78, 5) is 11.3. The first-order valence-electron chi connectivity index (χ1n) is 5.06. The maximum atomic E-state index is 11.3. The number of nitrogens with zero attached hydrogens (tertiary/aromatic N) is 2. The molecule has 0 radical (unpaired) electrons. The van der Waals surface area contributed by atoms with Gasteiger partial charge in [-0.15, -0.1) is 16.7 Å². The molecule has 2 aromatic rings. The Labute approximate surface area is 108 Å². The summed E-state index contributed by atoms with van der Waals surface area (Å²) in [5, 5.41) is 4.63. The van der Waals surface area contributed by atoms with Crippen LogP contribution in [0, 0.1) is 0 Å². The number of aryl methyl sites for hydroxylation is 2. The molecule has 1 aromatic carbocycles. The number of hydrogen-bond donors (Lipinski definition) is 0. The zero-order chi connectivity index (χ0) is 12.3. The predicted molar refractivity (Wildman–Crippen MR) is 65.5 cm³/mol. The highest BCUT2D eigenvalue weighted by Gasteiger charge is 2.06. The number of benzene rings is 1. The second-order valence-electron chi connectivity index (χ2n) is 3.49. The van der Waals surface area contributed by atoms with Gasteiger partial charge in [0.1, 0.15) is 5.88 Å². The molecule has 0 fully saturated rings. The van der Waals surface area contributed by atoms with Crippen molar-refractivity contribution in [2.45, 2.75) is 18.8 Å². The number of alkyl halides is 1. The Bertz CT molecular complexity index is 545. The van der Waals surface area contributed by atoms with Crippen LogP contribution in [0.2, 0.25) is 5.02 Å². The molecule has 17 heavy (non-hydrogen) atoms. The molecule has 0 N–H and O–H groups in total. The van der Waals surface area contributed by atoms with E-state index in [0.717, 1.165) is 5.56 Å². The summed E-state index contributed by atoms with van der Waals surface area (Å²) in [5.41, 5.74) is 1.08. The molecule has 90 valence electrons. The van der Waals surface area contributed by atoms with E-state index in [2.05, 4.69) is 5.10 Å². The highest BCUT2D eigenvalue weighted by atomic mass is 35.5. The fraction of sp³-hybridized carbons (Fsp3) is 0.273. The monoisotopic (exact) mass is 272 g/mol. The van der Waals surface area contributed by atoms with E-state index in [0.29, 0.717) is 18.0 Å².